The molecule has 2 aromatic rings. The minimum absolute atomic E-state index is 0.127. The van der Waals surface area contributed by atoms with Crippen LogP contribution in [0.15, 0.2) is 48.5 Å². The van der Waals surface area contributed by atoms with Crippen LogP contribution < -0.4 is 20.7 Å². The number of hydrogen-bond donors (Lipinski definition) is 3. The molecule has 2 aromatic carbocycles. The summed E-state index contributed by atoms with van der Waals surface area (Å²) in [4.78, 5) is 23.0. The molecule has 0 aromatic heterocycles. The van der Waals surface area contributed by atoms with Crippen molar-refractivity contribution in [2.45, 2.75) is 26.9 Å². The van der Waals surface area contributed by atoms with Gasteiger partial charge in [-0.15, -0.1) is 0 Å². The number of ether oxygens (including phenoxy) is 1. The lowest BCUT2D eigenvalue weighted by Gasteiger charge is -2.11. The Morgan fingerprint density at radius 1 is 0.880 bits per heavy atom. The van der Waals surface area contributed by atoms with Gasteiger partial charge in [0.2, 0.25) is 11.8 Å². The molecule has 2 amide bonds. The molecule has 3 N–H and O–H groups in total. The summed E-state index contributed by atoms with van der Waals surface area (Å²) in [7, 11) is 0. The van der Waals surface area contributed by atoms with Gasteiger partial charge in [0.25, 0.3) is 0 Å². The molecule has 0 saturated heterocycles. The second kappa shape index (κ2) is 8.73. The first-order valence-corrected chi connectivity index (χ1v) is 8.10. The van der Waals surface area contributed by atoms with E-state index in [2.05, 4.69) is 16.0 Å². The Morgan fingerprint density at radius 2 is 1.40 bits per heavy atom. The molecule has 0 atom stereocenters. The van der Waals surface area contributed by atoms with E-state index in [1.165, 1.54) is 6.92 Å². The van der Waals surface area contributed by atoms with Crippen LogP contribution in [-0.4, -0.2) is 24.5 Å². The zero-order valence-electron chi connectivity index (χ0n) is 14.6. The zero-order chi connectivity index (χ0) is 18.2. The number of amides is 2. The molecule has 0 aliphatic rings. The molecule has 2 rings (SSSR count). The van der Waals surface area contributed by atoms with Crippen LogP contribution in [0.5, 0.6) is 5.75 Å². The van der Waals surface area contributed by atoms with Crippen LogP contribution in [0.25, 0.3) is 0 Å². The fourth-order valence-electron chi connectivity index (χ4n) is 2.15. The topological polar surface area (TPSA) is 79.5 Å². The summed E-state index contributed by atoms with van der Waals surface area (Å²) in [6, 6.07) is 14.4. The maximum atomic E-state index is 12.0. The number of carbonyl (C=O) groups excluding carboxylic acids is 2. The summed E-state index contributed by atoms with van der Waals surface area (Å²) in [5.74, 6) is 0.504. The van der Waals surface area contributed by atoms with Gasteiger partial charge < -0.3 is 20.7 Å². The molecule has 0 bridgehead atoms. The minimum atomic E-state index is -0.158. The third-order valence-electron chi connectivity index (χ3n) is 3.17. The lowest BCUT2D eigenvalue weighted by Crippen LogP contribution is -2.21. The SMILES string of the molecule is CC(=O)Nc1ccc(NC(=O)CNc2ccc(OC(C)C)cc2)cc1. The van der Waals surface area contributed by atoms with E-state index in [4.69, 9.17) is 4.74 Å². The predicted molar refractivity (Wildman–Crippen MR) is 100 cm³/mol. The van der Waals surface area contributed by atoms with Crippen LogP contribution in [-0.2, 0) is 9.59 Å². The molecule has 0 spiro atoms. The highest BCUT2D eigenvalue weighted by molar-refractivity contribution is 5.94. The highest BCUT2D eigenvalue weighted by Gasteiger charge is 2.04. The fraction of sp³-hybridized carbons (Fsp3) is 0.263. The zero-order valence-corrected chi connectivity index (χ0v) is 14.6. The van der Waals surface area contributed by atoms with Crippen molar-refractivity contribution in [3.63, 3.8) is 0 Å². The van der Waals surface area contributed by atoms with E-state index in [1.807, 2.05) is 38.1 Å². The van der Waals surface area contributed by atoms with Gasteiger partial charge in [-0.3, -0.25) is 9.59 Å². The summed E-state index contributed by atoms with van der Waals surface area (Å²) >= 11 is 0. The smallest absolute Gasteiger partial charge is 0.243 e. The molecule has 0 aliphatic carbocycles. The molecule has 0 aliphatic heterocycles. The number of hydrogen-bond acceptors (Lipinski definition) is 4. The average Bonchev–Trinajstić information content (AvgIpc) is 2.55. The maximum absolute atomic E-state index is 12.0. The number of anilines is 3. The molecule has 6 heteroatoms. The van der Waals surface area contributed by atoms with E-state index in [1.54, 1.807) is 24.3 Å². The van der Waals surface area contributed by atoms with Gasteiger partial charge in [0.1, 0.15) is 5.75 Å². The standard InChI is InChI=1S/C19H23N3O3/c1-13(2)25-18-10-8-15(9-11-18)20-12-19(24)22-17-6-4-16(5-7-17)21-14(3)23/h4-11,13,20H,12H2,1-3H3,(H,21,23)(H,22,24). The summed E-state index contributed by atoms with van der Waals surface area (Å²) < 4.78 is 5.57. The van der Waals surface area contributed by atoms with Crippen molar-refractivity contribution in [3.05, 3.63) is 48.5 Å². The Morgan fingerprint density at radius 3 is 1.92 bits per heavy atom. The van der Waals surface area contributed by atoms with Gasteiger partial charge in [0.15, 0.2) is 0 Å². The van der Waals surface area contributed by atoms with Gasteiger partial charge >= 0.3 is 0 Å². The molecule has 0 radical (unpaired) electrons. The first kappa shape index (κ1) is 18.3. The quantitative estimate of drug-likeness (QED) is 0.720. The van der Waals surface area contributed by atoms with E-state index >= 15 is 0 Å². The van der Waals surface area contributed by atoms with E-state index < -0.39 is 0 Å². The van der Waals surface area contributed by atoms with Gasteiger partial charge in [0.05, 0.1) is 12.6 Å². The first-order valence-electron chi connectivity index (χ1n) is 8.10. The van der Waals surface area contributed by atoms with E-state index in [0.29, 0.717) is 11.4 Å². The number of nitrogens with one attached hydrogen (secondary N) is 3. The van der Waals surface area contributed by atoms with Crippen LogP contribution in [0.4, 0.5) is 17.1 Å². The third-order valence-corrected chi connectivity index (χ3v) is 3.17. The van der Waals surface area contributed by atoms with Crippen molar-refractivity contribution in [2.24, 2.45) is 0 Å². The number of carbonyl (C=O) groups is 2. The van der Waals surface area contributed by atoms with Crippen LogP contribution in [0.3, 0.4) is 0 Å². The van der Waals surface area contributed by atoms with Crippen LogP contribution in [0.2, 0.25) is 0 Å². The normalized spacial score (nSPS) is 10.2. The minimum Gasteiger partial charge on any atom is -0.491 e. The molecule has 132 valence electrons. The van der Waals surface area contributed by atoms with Crippen molar-refractivity contribution >= 4 is 28.9 Å². The van der Waals surface area contributed by atoms with Crippen molar-refractivity contribution < 1.29 is 14.3 Å². The highest BCUT2D eigenvalue weighted by atomic mass is 16.5. The lowest BCUT2D eigenvalue weighted by atomic mass is 10.2. The van der Waals surface area contributed by atoms with Crippen molar-refractivity contribution in [1.29, 1.82) is 0 Å². The number of rotatable bonds is 7. The van der Waals surface area contributed by atoms with Crippen molar-refractivity contribution in [2.75, 3.05) is 22.5 Å². The van der Waals surface area contributed by atoms with Gasteiger partial charge in [-0.05, 0) is 62.4 Å². The van der Waals surface area contributed by atoms with Crippen molar-refractivity contribution in [1.82, 2.24) is 0 Å². The second-order valence-corrected chi connectivity index (χ2v) is 5.85. The number of benzene rings is 2. The summed E-state index contributed by atoms with van der Waals surface area (Å²) in [5, 5.41) is 8.52. The Balaban J connectivity index is 1.81. The monoisotopic (exact) mass is 341 g/mol. The second-order valence-electron chi connectivity index (χ2n) is 5.85. The maximum Gasteiger partial charge on any atom is 0.243 e. The van der Waals surface area contributed by atoms with Gasteiger partial charge in [-0.25, -0.2) is 0 Å². The van der Waals surface area contributed by atoms with Crippen LogP contribution >= 0.6 is 0 Å². The van der Waals surface area contributed by atoms with Gasteiger partial charge in [-0.1, -0.05) is 0 Å². The average molecular weight is 341 g/mol. The van der Waals surface area contributed by atoms with Gasteiger partial charge in [0, 0.05) is 24.0 Å². The summed E-state index contributed by atoms with van der Waals surface area (Å²) in [6.07, 6.45) is 0.127. The molecular formula is C19H23N3O3. The Labute approximate surface area is 147 Å². The van der Waals surface area contributed by atoms with Crippen LogP contribution in [0, 0.1) is 0 Å². The molecule has 6 nitrogen and oxygen atoms in total. The Kier molecular flexibility index (Phi) is 6.39. The highest BCUT2D eigenvalue weighted by Crippen LogP contribution is 2.17. The Bertz CT molecular complexity index is 710. The lowest BCUT2D eigenvalue weighted by molar-refractivity contribution is -0.115. The first-order chi connectivity index (χ1) is 11.9. The Hall–Kier alpha value is -3.02. The molecule has 25 heavy (non-hydrogen) atoms. The molecular weight excluding hydrogens is 318 g/mol. The molecule has 0 heterocycles. The molecule has 0 fully saturated rings. The van der Waals surface area contributed by atoms with E-state index in [9.17, 15) is 9.59 Å². The fourth-order valence-corrected chi connectivity index (χ4v) is 2.15. The van der Waals surface area contributed by atoms with Crippen LogP contribution in [0.1, 0.15) is 20.8 Å². The predicted octanol–water partition coefficient (Wildman–Crippen LogP) is 3.48. The third kappa shape index (κ3) is 6.55. The molecule has 0 saturated carbocycles. The van der Waals surface area contributed by atoms with Crippen molar-refractivity contribution in [3.8, 4) is 5.75 Å². The van der Waals surface area contributed by atoms with E-state index in [0.717, 1.165) is 11.4 Å². The molecule has 0 unspecified atom stereocenters. The van der Waals surface area contributed by atoms with E-state index in [-0.39, 0.29) is 24.5 Å². The summed E-state index contributed by atoms with van der Waals surface area (Å²) in [5.41, 5.74) is 2.20. The summed E-state index contributed by atoms with van der Waals surface area (Å²) in [6.45, 7) is 5.54. The van der Waals surface area contributed by atoms with Gasteiger partial charge in [-0.2, -0.15) is 0 Å². The largest absolute Gasteiger partial charge is 0.491 e.